The molecule has 2 amide bonds. The van der Waals surface area contributed by atoms with Gasteiger partial charge in [-0.2, -0.15) is 11.8 Å². The molecular weight excluding hydrogens is 383 g/mol. The Morgan fingerprint density at radius 2 is 2.04 bits per heavy atom. The fourth-order valence-corrected chi connectivity index (χ4v) is 4.81. The molecule has 6 nitrogen and oxygen atoms in total. The Hall–Kier alpha value is -1.65. The number of halogens is 3. The van der Waals surface area contributed by atoms with Gasteiger partial charge in [0.25, 0.3) is 0 Å². The summed E-state index contributed by atoms with van der Waals surface area (Å²) in [4.78, 5) is 14.6. The van der Waals surface area contributed by atoms with E-state index in [4.69, 9.17) is 4.74 Å². The minimum atomic E-state index is -4.82. The van der Waals surface area contributed by atoms with Gasteiger partial charge in [-0.3, -0.25) is 4.90 Å². The summed E-state index contributed by atoms with van der Waals surface area (Å²) in [5, 5.41) is 5.27. The Morgan fingerprint density at radius 1 is 1.30 bits per heavy atom. The fraction of sp³-hybridized carbons (Fsp3) is 0.588. The highest BCUT2D eigenvalue weighted by atomic mass is 32.2. The molecule has 2 fully saturated rings. The number of hydrogen-bond donors (Lipinski definition) is 2. The van der Waals surface area contributed by atoms with Crippen LogP contribution in [0.1, 0.15) is 6.42 Å². The first-order valence-corrected chi connectivity index (χ1v) is 9.84. The highest BCUT2D eigenvalue weighted by Gasteiger charge is 2.41. The van der Waals surface area contributed by atoms with E-state index in [1.165, 1.54) is 18.2 Å². The lowest BCUT2D eigenvalue weighted by atomic mass is 9.95. The summed E-state index contributed by atoms with van der Waals surface area (Å²) in [5.74, 6) is 1.48. The van der Waals surface area contributed by atoms with Crippen LogP contribution >= 0.6 is 11.8 Å². The molecule has 2 aliphatic heterocycles. The number of alkyl halides is 3. The van der Waals surface area contributed by atoms with Gasteiger partial charge in [0.05, 0.1) is 18.9 Å². The number of para-hydroxylation sites is 2. The number of carbonyl (C=O) groups excluding carboxylic acids is 1. The number of hydrogen-bond acceptors (Lipinski definition) is 5. The maximum atomic E-state index is 12.5. The summed E-state index contributed by atoms with van der Waals surface area (Å²) < 4.78 is 46.9. The van der Waals surface area contributed by atoms with Crippen molar-refractivity contribution in [2.75, 3.05) is 49.7 Å². The summed E-state index contributed by atoms with van der Waals surface area (Å²) in [6.45, 7) is 3.38. The third-order valence-corrected chi connectivity index (χ3v) is 5.94. The molecule has 1 aromatic carbocycles. The molecule has 0 bridgehead atoms. The van der Waals surface area contributed by atoms with Gasteiger partial charge in [0.2, 0.25) is 0 Å². The number of ether oxygens (including phenoxy) is 2. The Kier molecular flexibility index (Phi) is 6.38. The van der Waals surface area contributed by atoms with Gasteiger partial charge in [0, 0.05) is 30.9 Å². The Balaban J connectivity index is 1.61. The number of urea groups is 1. The van der Waals surface area contributed by atoms with Crippen molar-refractivity contribution in [3.05, 3.63) is 24.3 Å². The molecule has 2 heterocycles. The smallest absolute Gasteiger partial charge is 0.404 e. The van der Waals surface area contributed by atoms with E-state index in [1.807, 2.05) is 11.8 Å². The third kappa shape index (κ3) is 5.43. The quantitative estimate of drug-likeness (QED) is 0.789. The maximum absolute atomic E-state index is 12.5. The van der Waals surface area contributed by atoms with E-state index >= 15 is 0 Å². The van der Waals surface area contributed by atoms with Crippen LogP contribution in [-0.4, -0.2) is 67.2 Å². The molecule has 2 aliphatic rings. The van der Waals surface area contributed by atoms with Crippen LogP contribution in [0.15, 0.2) is 24.3 Å². The van der Waals surface area contributed by atoms with Crippen LogP contribution in [-0.2, 0) is 4.74 Å². The van der Waals surface area contributed by atoms with E-state index in [-0.39, 0.29) is 11.2 Å². The molecule has 1 atom stereocenters. The van der Waals surface area contributed by atoms with Gasteiger partial charge >= 0.3 is 12.4 Å². The molecule has 3 rings (SSSR count). The average molecular weight is 405 g/mol. The maximum Gasteiger partial charge on any atom is 0.573 e. The topological polar surface area (TPSA) is 62.8 Å². The van der Waals surface area contributed by atoms with E-state index in [0.29, 0.717) is 19.8 Å². The molecule has 150 valence electrons. The first kappa shape index (κ1) is 20.1. The van der Waals surface area contributed by atoms with Gasteiger partial charge in [0.1, 0.15) is 0 Å². The molecule has 0 aromatic heterocycles. The average Bonchev–Trinajstić information content (AvgIpc) is 3.12. The van der Waals surface area contributed by atoms with Gasteiger partial charge in [-0.25, -0.2) is 4.79 Å². The highest BCUT2D eigenvalue weighted by Crippen LogP contribution is 2.34. The van der Waals surface area contributed by atoms with E-state index in [0.717, 1.165) is 37.1 Å². The Morgan fingerprint density at radius 3 is 2.70 bits per heavy atom. The molecule has 2 saturated heterocycles. The summed E-state index contributed by atoms with van der Waals surface area (Å²) in [6.07, 6.45) is -3.87. The number of carbonyl (C=O) groups is 1. The van der Waals surface area contributed by atoms with Crippen LogP contribution in [0.2, 0.25) is 0 Å². The van der Waals surface area contributed by atoms with E-state index in [2.05, 4.69) is 20.3 Å². The minimum Gasteiger partial charge on any atom is -0.404 e. The van der Waals surface area contributed by atoms with Crippen molar-refractivity contribution in [3.63, 3.8) is 0 Å². The Labute approximate surface area is 159 Å². The number of morpholine rings is 1. The molecule has 0 saturated carbocycles. The Bertz CT molecular complexity index is 648. The zero-order chi connectivity index (χ0) is 19.3. The second-order valence-electron chi connectivity index (χ2n) is 6.48. The first-order chi connectivity index (χ1) is 12.9. The molecule has 1 unspecified atom stereocenters. The van der Waals surface area contributed by atoms with Crippen LogP contribution in [0.3, 0.4) is 0 Å². The summed E-state index contributed by atoms with van der Waals surface area (Å²) in [7, 11) is 0. The van der Waals surface area contributed by atoms with Crippen molar-refractivity contribution in [1.82, 2.24) is 10.2 Å². The number of anilines is 1. The first-order valence-electron chi connectivity index (χ1n) is 8.68. The second kappa shape index (κ2) is 8.57. The number of nitrogens with zero attached hydrogens (tertiary/aromatic N) is 1. The van der Waals surface area contributed by atoms with Crippen molar-refractivity contribution in [2.45, 2.75) is 18.3 Å². The number of thioether (sulfide) groups is 1. The summed E-state index contributed by atoms with van der Waals surface area (Å²) in [6, 6.07) is 4.91. The van der Waals surface area contributed by atoms with Crippen LogP contribution in [0.4, 0.5) is 23.7 Å². The zero-order valence-electron chi connectivity index (χ0n) is 14.7. The molecule has 1 aromatic rings. The predicted octanol–water partition coefficient (Wildman–Crippen LogP) is 2.91. The predicted molar refractivity (Wildman–Crippen MR) is 97.2 cm³/mol. The second-order valence-corrected chi connectivity index (χ2v) is 7.58. The van der Waals surface area contributed by atoms with Gasteiger partial charge < -0.3 is 20.1 Å². The number of amides is 2. The molecule has 0 spiro atoms. The molecule has 0 radical (unpaired) electrons. The van der Waals surface area contributed by atoms with Crippen molar-refractivity contribution in [3.8, 4) is 5.75 Å². The molecule has 10 heteroatoms. The highest BCUT2D eigenvalue weighted by molar-refractivity contribution is 7.99. The van der Waals surface area contributed by atoms with E-state index < -0.39 is 18.1 Å². The van der Waals surface area contributed by atoms with Crippen LogP contribution in [0.5, 0.6) is 5.75 Å². The fourth-order valence-electron chi connectivity index (χ4n) is 3.33. The van der Waals surface area contributed by atoms with Crippen molar-refractivity contribution < 1.29 is 27.4 Å². The van der Waals surface area contributed by atoms with E-state index in [1.54, 1.807) is 0 Å². The van der Waals surface area contributed by atoms with Crippen molar-refractivity contribution in [1.29, 1.82) is 0 Å². The molecule has 2 N–H and O–H groups in total. The number of benzene rings is 1. The number of nitrogens with one attached hydrogen (secondary N) is 2. The van der Waals surface area contributed by atoms with Gasteiger partial charge in [0.15, 0.2) is 5.75 Å². The lowest BCUT2D eigenvalue weighted by molar-refractivity contribution is -0.274. The standard InChI is InChI=1S/C17H22F3N3O3S/c18-17(19,20)26-14-4-2-1-3-13(14)22-15(24)21-11-16(5-10-27-12-16)23-6-8-25-9-7-23/h1-4H,5-12H2,(H2,21,22,24). The lowest BCUT2D eigenvalue weighted by Crippen LogP contribution is -2.59. The third-order valence-electron chi connectivity index (χ3n) is 4.70. The van der Waals surface area contributed by atoms with Crippen LogP contribution < -0.4 is 15.4 Å². The van der Waals surface area contributed by atoms with Crippen molar-refractivity contribution >= 4 is 23.5 Å². The SMILES string of the molecule is O=C(NCC1(N2CCOCC2)CCSC1)Nc1ccccc1OC(F)(F)F. The van der Waals surface area contributed by atoms with Crippen LogP contribution in [0, 0.1) is 0 Å². The normalized spacial score (nSPS) is 23.8. The summed E-state index contributed by atoms with van der Waals surface area (Å²) in [5.41, 5.74) is -0.179. The largest absolute Gasteiger partial charge is 0.573 e. The van der Waals surface area contributed by atoms with Gasteiger partial charge in [-0.1, -0.05) is 12.1 Å². The molecule has 0 aliphatic carbocycles. The van der Waals surface area contributed by atoms with Crippen molar-refractivity contribution in [2.24, 2.45) is 0 Å². The molecule has 27 heavy (non-hydrogen) atoms. The zero-order valence-corrected chi connectivity index (χ0v) is 15.5. The molecular formula is C17H22F3N3O3S. The van der Waals surface area contributed by atoms with Crippen LogP contribution in [0.25, 0.3) is 0 Å². The van der Waals surface area contributed by atoms with Gasteiger partial charge in [-0.15, -0.1) is 13.2 Å². The summed E-state index contributed by atoms with van der Waals surface area (Å²) >= 11 is 1.84. The lowest BCUT2D eigenvalue weighted by Gasteiger charge is -2.43. The number of rotatable bonds is 5. The minimum absolute atomic E-state index is 0.0338. The van der Waals surface area contributed by atoms with Gasteiger partial charge in [-0.05, 0) is 24.3 Å². The monoisotopic (exact) mass is 405 g/mol. The van der Waals surface area contributed by atoms with E-state index in [9.17, 15) is 18.0 Å².